The Bertz CT molecular complexity index is 350. The summed E-state index contributed by atoms with van der Waals surface area (Å²) < 4.78 is 0. The molecule has 0 saturated carbocycles. The van der Waals surface area contributed by atoms with Crippen LogP contribution in [0.1, 0.15) is 58.3 Å². The highest BCUT2D eigenvalue weighted by Crippen LogP contribution is 2.15. The summed E-state index contributed by atoms with van der Waals surface area (Å²) >= 11 is 0. The van der Waals surface area contributed by atoms with Gasteiger partial charge in [-0.25, -0.2) is 0 Å². The minimum absolute atomic E-state index is 1.05. The van der Waals surface area contributed by atoms with Crippen molar-refractivity contribution < 1.29 is 0 Å². The highest BCUT2D eigenvalue weighted by molar-refractivity contribution is 5.54. The minimum atomic E-state index is 1.05. The zero-order valence-electron chi connectivity index (χ0n) is 13.5. The van der Waals surface area contributed by atoms with E-state index in [0.29, 0.717) is 0 Å². The first-order valence-corrected chi connectivity index (χ1v) is 8.10. The molecule has 0 amide bonds. The van der Waals surface area contributed by atoms with Crippen molar-refractivity contribution >= 4 is 11.4 Å². The minimum Gasteiger partial charge on any atom is -0.384 e. The summed E-state index contributed by atoms with van der Waals surface area (Å²) in [6, 6.07) is 2.15. The van der Waals surface area contributed by atoms with Crippen LogP contribution in [0.15, 0.2) is 18.5 Å². The lowest BCUT2D eigenvalue weighted by Crippen LogP contribution is -2.10. The van der Waals surface area contributed by atoms with Crippen LogP contribution in [-0.2, 0) is 0 Å². The lowest BCUT2D eigenvalue weighted by atomic mass is 10.1. The van der Waals surface area contributed by atoms with Gasteiger partial charge in [0.1, 0.15) is 0 Å². The van der Waals surface area contributed by atoms with E-state index in [1.54, 1.807) is 0 Å². The molecule has 114 valence electrons. The standard InChI is InChI=1S/C17H31N3/c1-4-5-6-7-8-9-10-11-12-19-16-13-17(20(2)3)15-18-14-16/h13-15,19H,4-12H2,1-3H3. The Balaban J connectivity index is 2.05. The molecule has 3 nitrogen and oxygen atoms in total. The van der Waals surface area contributed by atoms with Crippen molar-refractivity contribution in [3.63, 3.8) is 0 Å². The zero-order valence-corrected chi connectivity index (χ0v) is 13.5. The third-order valence-corrected chi connectivity index (χ3v) is 3.60. The molecule has 0 radical (unpaired) electrons. The third-order valence-electron chi connectivity index (χ3n) is 3.60. The van der Waals surface area contributed by atoms with Gasteiger partial charge < -0.3 is 10.2 Å². The molecule has 0 bridgehead atoms. The van der Waals surface area contributed by atoms with Crippen molar-refractivity contribution in [3.05, 3.63) is 18.5 Å². The molecule has 20 heavy (non-hydrogen) atoms. The van der Waals surface area contributed by atoms with E-state index in [0.717, 1.165) is 17.9 Å². The molecule has 0 aliphatic rings. The van der Waals surface area contributed by atoms with Gasteiger partial charge in [-0.2, -0.15) is 0 Å². The number of hydrogen-bond donors (Lipinski definition) is 1. The average molecular weight is 277 g/mol. The molecular weight excluding hydrogens is 246 g/mol. The highest BCUT2D eigenvalue weighted by atomic mass is 15.1. The van der Waals surface area contributed by atoms with Gasteiger partial charge in [-0.05, 0) is 12.5 Å². The second kappa shape index (κ2) is 10.5. The Hall–Kier alpha value is -1.25. The van der Waals surface area contributed by atoms with Gasteiger partial charge in [0.25, 0.3) is 0 Å². The number of aromatic nitrogens is 1. The Morgan fingerprint density at radius 2 is 1.60 bits per heavy atom. The number of nitrogens with one attached hydrogen (secondary N) is 1. The van der Waals surface area contributed by atoms with Crippen LogP contribution < -0.4 is 10.2 Å². The first-order chi connectivity index (χ1) is 9.74. The molecule has 0 saturated heterocycles. The Kier molecular flexibility index (Phi) is 8.84. The molecule has 1 aromatic heterocycles. The zero-order chi connectivity index (χ0) is 14.6. The van der Waals surface area contributed by atoms with Gasteiger partial charge in [0, 0.05) is 20.6 Å². The normalized spacial score (nSPS) is 10.6. The number of anilines is 2. The summed E-state index contributed by atoms with van der Waals surface area (Å²) in [6.45, 7) is 3.32. The first kappa shape index (κ1) is 16.8. The van der Waals surface area contributed by atoms with Crippen molar-refractivity contribution in [1.82, 2.24) is 4.98 Å². The van der Waals surface area contributed by atoms with E-state index in [2.05, 4.69) is 28.2 Å². The van der Waals surface area contributed by atoms with E-state index in [1.807, 2.05) is 26.5 Å². The maximum atomic E-state index is 4.26. The lowest BCUT2D eigenvalue weighted by molar-refractivity contribution is 0.581. The van der Waals surface area contributed by atoms with E-state index in [9.17, 15) is 0 Å². The topological polar surface area (TPSA) is 28.2 Å². The molecule has 0 aromatic carbocycles. The van der Waals surface area contributed by atoms with E-state index >= 15 is 0 Å². The van der Waals surface area contributed by atoms with Crippen molar-refractivity contribution in [3.8, 4) is 0 Å². The quantitative estimate of drug-likeness (QED) is 0.594. The second-order valence-electron chi connectivity index (χ2n) is 5.73. The number of rotatable bonds is 11. The SMILES string of the molecule is CCCCCCCCCCNc1cncc(N(C)C)c1. The van der Waals surface area contributed by atoms with Crippen LogP contribution in [0.3, 0.4) is 0 Å². The average Bonchev–Trinajstić information content (AvgIpc) is 2.46. The van der Waals surface area contributed by atoms with Crippen LogP contribution >= 0.6 is 0 Å². The number of unbranched alkanes of at least 4 members (excludes halogenated alkanes) is 7. The van der Waals surface area contributed by atoms with Crippen LogP contribution in [0.4, 0.5) is 11.4 Å². The molecule has 1 heterocycles. The van der Waals surface area contributed by atoms with Crippen LogP contribution in [0.25, 0.3) is 0 Å². The summed E-state index contributed by atoms with van der Waals surface area (Å²) in [4.78, 5) is 6.34. The van der Waals surface area contributed by atoms with Gasteiger partial charge in [0.2, 0.25) is 0 Å². The Morgan fingerprint density at radius 1 is 0.950 bits per heavy atom. The molecule has 0 spiro atoms. The summed E-state index contributed by atoms with van der Waals surface area (Å²) in [5, 5.41) is 3.46. The molecule has 0 aliphatic carbocycles. The predicted molar refractivity (Wildman–Crippen MR) is 89.7 cm³/mol. The summed E-state index contributed by atoms with van der Waals surface area (Å²) in [5.74, 6) is 0. The van der Waals surface area contributed by atoms with Crippen molar-refractivity contribution in [2.45, 2.75) is 58.3 Å². The van der Waals surface area contributed by atoms with E-state index in [1.165, 1.54) is 51.4 Å². The first-order valence-electron chi connectivity index (χ1n) is 8.10. The monoisotopic (exact) mass is 277 g/mol. The Morgan fingerprint density at radius 3 is 2.25 bits per heavy atom. The predicted octanol–water partition coefficient (Wildman–Crippen LogP) is 4.70. The van der Waals surface area contributed by atoms with Crippen LogP contribution in [-0.4, -0.2) is 25.6 Å². The van der Waals surface area contributed by atoms with Crippen LogP contribution in [0.2, 0.25) is 0 Å². The van der Waals surface area contributed by atoms with E-state index in [-0.39, 0.29) is 0 Å². The maximum absolute atomic E-state index is 4.26. The summed E-state index contributed by atoms with van der Waals surface area (Å²) in [5.41, 5.74) is 2.27. The fraction of sp³-hybridized carbons (Fsp3) is 0.706. The largest absolute Gasteiger partial charge is 0.384 e. The molecule has 3 heteroatoms. The fourth-order valence-electron chi connectivity index (χ4n) is 2.26. The van der Waals surface area contributed by atoms with Gasteiger partial charge >= 0.3 is 0 Å². The molecule has 1 N–H and O–H groups in total. The lowest BCUT2D eigenvalue weighted by Gasteiger charge is -2.13. The van der Waals surface area contributed by atoms with E-state index < -0.39 is 0 Å². The van der Waals surface area contributed by atoms with Crippen LogP contribution in [0, 0.1) is 0 Å². The molecule has 1 rings (SSSR count). The second-order valence-corrected chi connectivity index (χ2v) is 5.73. The summed E-state index contributed by atoms with van der Waals surface area (Å²) in [7, 11) is 4.08. The number of hydrogen-bond acceptors (Lipinski definition) is 3. The van der Waals surface area contributed by atoms with Gasteiger partial charge in [-0.3, -0.25) is 4.98 Å². The molecular formula is C17H31N3. The number of nitrogens with zero attached hydrogens (tertiary/aromatic N) is 2. The van der Waals surface area contributed by atoms with Crippen molar-refractivity contribution in [2.75, 3.05) is 30.9 Å². The molecule has 0 unspecified atom stereocenters. The van der Waals surface area contributed by atoms with Gasteiger partial charge in [-0.1, -0.05) is 51.9 Å². The van der Waals surface area contributed by atoms with Crippen molar-refractivity contribution in [1.29, 1.82) is 0 Å². The van der Waals surface area contributed by atoms with Crippen LogP contribution in [0.5, 0.6) is 0 Å². The van der Waals surface area contributed by atoms with Gasteiger partial charge in [0.05, 0.1) is 23.8 Å². The van der Waals surface area contributed by atoms with Gasteiger partial charge in [0.15, 0.2) is 0 Å². The molecule has 0 fully saturated rings. The van der Waals surface area contributed by atoms with E-state index in [4.69, 9.17) is 0 Å². The van der Waals surface area contributed by atoms with Crippen molar-refractivity contribution in [2.24, 2.45) is 0 Å². The van der Waals surface area contributed by atoms with Gasteiger partial charge in [-0.15, -0.1) is 0 Å². The maximum Gasteiger partial charge on any atom is 0.0568 e. The molecule has 0 atom stereocenters. The molecule has 0 aliphatic heterocycles. The smallest absolute Gasteiger partial charge is 0.0568 e. The highest BCUT2D eigenvalue weighted by Gasteiger charge is 1.98. The molecule has 1 aromatic rings. The Labute approximate surface area is 124 Å². The third kappa shape index (κ3) is 7.37. The number of pyridine rings is 1. The summed E-state index contributed by atoms with van der Waals surface area (Å²) in [6.07, 6.45) is 14.7. The fourth-order valence-corrected chi connectivity index (χ4v) is 2.26.